The fourth-order valence-corrected chi connectivity index (χ4v) is 1.28. The molecule has 0 aliphatic heterocycles. The molecule has 0 saturated heterocycles. The lowest BCUT2D eigenvalue weighted by Crippen LogP contribution is -2.42. The second-order valence-electron chi connectivity index (χ2n) is 4.35. The normalized spacial score (nSPS) is 11.1. The molecule has 4 nitrogen and oxygen atoms in total. The minimum Gasteiger partial charge on any atom is -0.384 e. The minimum absolute atomic E-state index is 0.0536. The molecule has 1 rings (SSSR count). The maximum Gasteiger partial charge on any atom is 0.227 e. The van der Waals surface area contributed by atoms with Gasteiger partial charge in [0.25, 0.3) is 0 Å². The van der Waals surface area contributed by atoms with Crippen LogP contribution in [0.5, 0.6) is 0 Å². The van der Waals surface area contributed by atoms with Crippen LogP contribution < -0.4 is 10.6 Å². The predicted octanol–water partition coefficient (Wildman–Crippen LogP) is 1.85. The zero-order valence-corrected chi connectivity index (χ0v) is 9.57. The Bertz CT molecular complexity index is 341. The quantitative estimate of drug-likeness (QED) is 0.767. The molecular weight excluding hydrogens is 188 g/mol. The number of hydrogen-bond acceptors (Lipinski definition) is 4. The molecule has 0 fully saturated rings. The highest BCUT2D eigenvalue weighted by molar-refractivity contribution is 5.40. The van der Waals surface area contributed by atoms with E-state index in [9.17, 15) is 0 Å². The van der Waals surface area contributed by atoms with Crippen molar-refractivity contribution >= 4 is 11.8 Å². The van der Waals surface area contributed by atoms with Crippen LogP contribution in [0.1, 0.15) is 20.8 Å². The van der Waals surface area contributed by atoms with Crippen molar-refractivity contribution in [3.63, 3.8) is 0 Å². The third-order valence-electron chi connectivity index (χ3n) is 2.03. The van der Waals surface area contributed by atoms with Gasteiger partial charge in [0.1, 0.15) is 5.82 Å². The monoisotopic (exact) mass is 206 g/mol. The highest BCUT2D eigenvalue weighted by atomic mass is 15.3. The molecule has 0 bridgehead atoms. The van der Waals surface area contributed by atoms with Gasteiger partial charge in [-0.1, -0.05) is 6.08 Å². The van der Waals surface area contributed by atoms with E-state index in [1.165, 1.54) is 0 Å². The van der Waals surface area contributed by atoms with E-state index in [2.05, 4.69) is 42.2 Å². The zero-order valence-electron chi connectivity index (χ0n) is 9.57. The molecular formula is C11H18N4. The number of hydrogen-bond donors (Lipinski definition) is 1. The summed E-state index contributed by atoms with van der Waals surface area (Å²) in [5.41, 5.74) is 5.58. The summed E-state index contributed by atoms with van der Waals surface area (Å²) >= 11 is 0. The predicted molar refractivity (Wildman–Crippen MR) is 63.7 cm³/mol. The Balaban J connectivity index is 3.04. The molecule has 0 spiro atoms. The summed E-state index contributed by atoms with van der Waals surface area (Å²) in [5.74, 6) is 1.13. The Morgan fingerprint density at radius 1 is 1.53 bits per heavy atom. The molecule has 82 valence electrons. The van der Waals surface area contributed by atoms with Gasteiger partial charge in [0.15, 0.2) is 0 Å². The summed E-state index contributed by atoms with van der Waals surface area (Å²) in [6.07, 6.45) is 3.50. The maximum absolute atomic E-state index is 5.63. The smallest absolute Gasteiger partial charge is 0.227 e. The standard InChI is InChI=1S/C11H18N4/c1-5-8-15(11(2,3)4)10-13-7-6-9(12)14-10/h5-7H,1,8H2,2-4H3,(H2,12,13,14). The van der Waals surface area contributed by atoms with Gasteiger partial charge in [-0.05, 0) is 26.8 Å². The van der Waals surface area contributed by atoms with Crippen LogP contribution in [0.4, 0.5) is 11.8 Å². The lowest BCUT2D eigenvalue weighted by Gasteiger charge is -2.34. The summed E-state index contributed by atoms with van der Waals surface area (Å²) in [7, 11) is 0. The van der Waals surface area contributed by atoms with Crippen LogP contribution in [-0.4, -0.2) is 22.1 Å². The number of rotatable bonds is 3. The first-order chi connectivity index (χ1) is 6.95. The highest BCUT2D eigenvalue weighted by Crippen LogP contribution is 2.19. The summed E-state index contributed by atoms with van der Waals surface area (Å²) in [5, 5.41) is 0. The molecule has 0 atom stereocenters. The average molecular weight is 206 g/mol. The van der Waals surface area contributed by atoms with Crippen LogP contribution in [0.25, 0.3) is 0 Å². The van der Waals surface area contributed by atoms with Gasteiger partial charge in [-0.2, -0.15) is 4.98 Å². The lowest BCUT2D eigenvalue weighted by molar-refractivity contribution is 0.512. The fourth-order valence-electron chi connectivity index (χ4n) is 1.28. The van der Waals surface area contributed by atoms with Crippen molar-refractivity contribution in [3.8, 4) is 0 Å². The molecule has 0 aliphatic carbocycles. The Morgan fingerprint density at radius 2 is 2.20 bits per heavy atom. The number of nitrogens with two attached hydrogens (primary N) is 1. The fraction of sp³-hybridized carbons (Fsp3) is 0.455. The summed E-state index contributed by atoms with van der Waals surface area (Å²) in [6, 6.07) is 1.68. The topological polar surface area (TPSA) is 55.0 Å². The molecule has 0 aliphatic rings. The molecule has 15 heavy (non-hydrogen) atoms. The molecule has 1 aromatic heterocycles. The number of aromatic nitrogens is 2. The van der Waals surface area contributed by atoms with E-state index in [0.29, 0.717) is 18.3 Å². The second-order valence-corrected chi connectivity index (χ2v) is 4.35. The summed E-state index contributed by atoms with van der Waals surface area (Å²) in [4.78, 5) is 10.5. The SMILES string of the molecule is C=CCN(c1nccc(N)n1)C(C)(C)C. The molecule has 0 amide bonds. The first kappa shape index (κ1) is 11.5. The Labute approximate surface area is 90.8 Å². The lowest BCUT2D eigenvalue weighted by atomic mass is 10.1. The van der Waals surface area contributed by atoms with Crippen molar-refractivity contribution < 1.29 is 0 Å². The van der Waals surface area contributed by atoms with E-state index in [0.717, 1.165) is 0 Å². The second kappa shape index (κ2) is 4.29. The first-order valence-electron chi connectivity index (χ1n) is 4.92. The van der Waals surface area contributed by atoms with E-state index in [4.69, 9.17) is 5.73 Å². The van der Waals surface area contributed by atoms with E-state index < -0.39 is 0 Å². The van der Waals surface area contributed by atoms with Crippen molar-refractivity contribution in [3.05, 3.63) is 24.9 Å². The van der Waals surface area contributed by atoms with Crippen LogP contribution in [0.2, 0.25) is 0 Å². The van der Waals surface area contributed by atoms with E-state index in [1.807, 2.05) is 6.08 Å². The molecule has 1 heterocycles. The Morgan fingerprint density at radius 3 is 2.67 bits per heavy atom. The van der Waals surface area contributed by atoms with E-state index in [-0.39, 0.29) is 5.54 Å². The maximum atomic E-state index is 5.63. The van der Waals surface area contributed by atoms with Crippen molar-refractivity contribution in [2.45, 2.75) is 26.3 Å². The van der Waals surface area contributed by atoms with Gasteiger partial charge >= 0.3 is 0 Å². The first-order valence-corrected chi connectivity index (χ1v) is 4.92. The van der Waals surface area contributed by atoms with Crippen molar-refractivity contribution in [2.75, 3.05) is 17.2 Å². The van der Waals surface area contributed by atoms with Gasteiger partial charge < -0.3 is 10.6 Å². The van der Waals surface area contributed by atoms with Crippen molar-refractivity contribution in [1.82, 2.24) is 9.97 Å². The highest BCUT2D eigenvalue weighted by Gasteiger charge is 2.22. The minimum atomic E-state index is -0.0536. The van der Waals surface area contributed by atoms with Crippen molar-refractivity contribution in [2.24, 2.45) is 0 Å². The largest absolute Gasteiger partial charge is 0.384 e. The van der Waals surface area contributed by atoms with Gasteiger partial charge in [-0.25, -0.2) is 4.98 Å². The number of nitrogens with zero attached hydrogens (tertiary/aromatic N) is 3. The van der Waals surface area contributed by atoms with Gasteiger partial charge in [0.2, 0.25) is 5.95 Å². The van der Waals surface area contributed by atoms with Gasteiger partial charge in [-0.15, -0.1) is 6.58 Å². The van der Waals surface area contributed by atoms with E-state index in [1.54, 1.807) is 12.3 Å². The molecule has 0 aromatic carbocycles. The summed E-state index contributed by atoms with van der Waals surface area (Å²) in [6.45, 7) is 10.7. The summed E-state index contributed by atoms with van der Waals surface area (Å²) < 4.78 is 0. The molecule has 4 heteroatoms. The third-order valence-corrected chi connectivity index (χ3v) is 2.03. The van der Waals surface area contributed by atoms with Crippen LogP contribution >= 0.6 is 0 Å². The van der Waals surface area contributed by atoms with Crippen LogP contribution in [-0.2, 0) is 0 Å². The van der Waals surface area contributed by atoms with Gasteiger partial charge in [0, 0.05) is 18.3 Å². The molecule has 0 saturated carbocycles. The number of nitrogen functional groups attached to an aromatic ring is 1. The molecule has 0 unspecified atom stereocenters. The molecule has 2 N–H and O–H groups in total. The Kier molecular flexibility index (Phi) is 3.29. The van der Waals surface area contributed by atoms with Crippen molar-refractivity contribution in [1.29, 1.82) is 0 Å². The van der Waals surface area contributed by atoms with Gasteiger partial charge in [0.05, 0.1) is 0 Å². The van der Waals surface area contributed by atoms with Crippen LogP contribution in [0.15, 0.2) is 24.9 Å². The van der Waals surface area contributed by atoms with Crippen LogP contribution in [0.3, 0.4) is 0 Å². The zero-order chi connectivity index (χ0) is 11.5. The number of anilines is 2. The van der Waals surface area contributed by atoms with E-state index >= 15 is 0 Å². The average Bonchev–Trinajstić information content (AvgIpc) is 2.12. The molecule has 1 aromatic rings. The Hall–Kier alpha value is -1.58. The van der Waals surface area contributed by atoms with Gasteiger partial charge in [-0.3, -0.25) is 0 Å². The van der Waals surface area contributed by atoms with Crippen LogP contribution in [0, 0.1) is 0 Å². The molecule has 0 radical (unpaired) electrons. The third kappa shape index (κ3) is 2.94.